The molecule has 2 aromatic rings. The van der Waals surface area contributed by atoms with Crippen molar-refractivity contribution in [3.63, 3.8) is 0 Å². The van der Waals surface area contributed by atoms with Crippen molar-refractivity contribution in [3.8, 4) is 11.8 Å². The molecule has 0 unspecified atom stereocenters. The van der Waals surface area contributed by atoms with Crippen molar-refractivity contribution < 1.29 is 9.53 Å². The molecule has 0 aromatic heterocycles. The Labute approximate surface area is 143 Å². The molecular formula is C17H12Cl2N2O2. The van der Waals surface area contributed by atoms with Crippen LogP contribution in [0.15, 0.2) is 42.5 Å². The first-order chi connectivity index (χ1) is 11.0. The van der Waals surface area contributed by atoms with Gasteiger partial charge in [-0.15, -0.1) is 0 Å². The summed E-state index contributed by atoms with van der Waals surface area (Å²) in [6.45, 7) is -0.247. The molecular weight excluding hydrogens is 335 g/mol. The van der Waals surface area contributed by atoms with Gasteiger partial charge in [-0.2, -0.15) is 5.26 Å². The first kappa shape index (κ1) is 16.9. The summed E-state index contributed by atoms with van der Waals surface area (Å²) < 4.78 is 5.18. The molecule has 0 bridgehead atoms. The zero-order valence-electron chi connectivity index (χ0n) is 11.9. The first-order valence-electron chi connectivity index (χ1n) is 6.58. The van der Waals surface area contributed by atoms with E-state index in [2.05, 4.69) is 6.07 Å². The summed E-state index contributed by atoms with van der Waals surface area (Å²) >= 11 is 11.9. The molecule has 0 aliphatic rings. The molecule has 4 nitrogen and oxygen atoms in total. The van der Waals surface area contributed by atoms with Gasteiger partial charge in [0, 0.05) is 5.02 Å². The Morgan fingerprint density at radius 3 is 2.48 bits per heavy atom. The van der Waals surface area contributed by atoms with Crippen molar-refractivity contribution in [2.75, 3.05) is 6.61 Å². The number of nitrogens with zero attached hydrogens (tertiary/aromatic N) is 1. The number of carbonyl (C=O) groups excluding carboxylic acids is 1. The van der Waals surface area contributed by atoms with Gasteiger partial charge in [-0.25, -0.2) is 0 Å². The average Bonchev–Trinajstić information content (AvgIpc) is 2.52. The number of primary amides is 1. The molecule has 0 heterocycles. The average molecular weight is 347 g/mol. The number of carbonyl (C=O) groups is 1. The Morgan fingerprint density at radius 1 is 1.22 bits per heavy atom. The molecule has 2 aromatic carbocycles. The number of nitriles is 1. The van der Waals surface area contributed by atoms with Crippen LogP contribution < -0.4 is 10.5 Å². The van der Waals surface area contributed by atoms with E-state index in [1.54, 1.807) is 48.5 Å². The SMILES string of the molecule is N#CC(=Cc1ccc(OCC(N)=O)c(Cl)c1)c1ccc(Cl)cc1. The lowest BCUT2D eigenvalue weighted by molar-refractivity contribution is -0.119. The van der Waals surface area contributed by atoms with Crippen LogP contribution >= 0.6 is 23.2 Å². The molecule has 0 aliphatic heterocycles. The van der Waals surface area contributed by atoms with Crippen molar-refractivity contribution in [2.24, 2.45) is 5.73 Å². The fourth-order valence-corrected chi connectivity index (χ4v) is 2.22. The van der Waals surface area contributed by atoms with Gasteiger partial charge in [0.15, 0.2) is 6.61 Å². The predicted molar refractivity (Wildman–Crippen MR) is 91.1 cm³/mol. The smallest absolute Gasteiger partial charge is 0.255 e. The zero-order valence-corrected chi connectivity index (χ0v) is 13.4. The Morgan fingerprint density at radius 2 is 1.91 bits per heavy atom. The van der Waals surface area contributed by atoms with Crippen LogP contribution in [-0.4, -0.2) is 12.5 Å². The largest absolute Gasteiger partial charge is 0.482 e. The highest BCUT2D eigenvalue weighted by Gasteiger charge is 2.06. The number of ether oxygens (including phenoxy) is 1. The van der Waals surface area contributed by atoms with Gasteiger partial charge >= 0.3 is 0 Å². The van der Waals surface area contributed by atoms with Crippen LogP contribution in [0.2, 0.25) is 10.0 Å². The Kier molecular flexibility index (Phi) is 5.64. The summed E-state index contributed by atoms with van der Waals surface area (Å²) in [6.07, 6.45) is 1.70. The van der Waals surface area contributed by atoms with E-state index in [0.717, 1.165) is 11.1 Å². The minimum absolute atomic E-state index is 0.247. The number of hydrogen-bond acceptors (Lipinski definition) is 3. The molecule has 6 heteroatoms. The molecule has 0 fully saturated rings. The van der Waals surface area contributed by atoms with Crippen LogP contribution in [-0.2, 0) is 4.79 Å². The molecule has 0 atom stereocenters. The quantitative estimate of drug-likeness (QED) is 0.658. The lowest BCUT2D eigenvalue weighted by Crippen LogP contribution is -2.20. The summed E-state index contributed by atoms with van der Waals surface area (Å²) in [7, 11) is 0. The van der Waals surface area contributed by atoms with Crippen LogP contribution in [0.1, 0.15) is 11.1 Å². The second kappa shape index (κ2) is 7.68. The van der Waals surface area contributed by atoms with E-state index >= 15 is 0 Å². The molecule has 0 saturated heterocycles. The third kappa shape index (κ3) is 4.75. The van der Waals surface area contributed by atoms with Gasteiger partial charge in [0.2, 0.25) is 0 Å². The molecule has 0 saturated carbocycles. The first-order valence-corrected chi connectivity index (χ1v) is 7.33. The predicted octanol–water partition coefficient (Wildman–Crippen LogP) is 3.92. The molecule has 0 radical (unpaired) electrons. The lowest BCUT2D eigenvalue weighted by Gasteiger charge is -2.07. The molecule has 116 valence electrons. The molecule has 1 amide bonds. The summed E-state index contributed by atoms with van der Waals surface area (Å²) in [6, 6.07) is 14.1. The van der Waals surface area contributed by atoms with Crippen LogP contribution in [0.5, 0.6) is 5.75 Å². The minimum Gasteiger partial charge on any atom is -0.482 e. The summed E-state index contributed by atoms with van der Waals surface area (Å²) in [5.74, 6) is -0.229. The van der Waals surface area contributed by atoms with Crippen LogP contribution in [0.3, 0.4) is 0 Å². The maximum absolute atomic E-state index is 10.7. The van der Waals surface area contributed by atoms with Crippen LogP contribution in [0.25, 0.3) is 11.6 Å². The lowest BCUT2D eigenvalue weighted by atomic mass is 10.0. The van der Waals surface area contributed by atoms with Crippen molar-refractivity contribution in [1.82, 2.24) is 0 Å². The maximum atomic E-state index is 10.7. The molecule has 0 spiro atoms. The van der Waals surface area contributed by atoms with E-state index in [1.807, 2.05) is 0 Å². The summed E-state index contributed by atoms with van der Waals surface area (Å²) in [5.41, 5.74) is 6.97. The monoisotopic (exact) mass is 346 g/mol. The van der Waals surface area contributed by atoms with Gasteiger partial charge in [-0.1, -0.05) is 41.4 Å². The second-order valence-corrected chi connectivity index (χ2v) is 5.47. The van der Waals surface area contributed by atoms with Gasteiger partial charge < -0.3 is 10.5 Å². The number of allylic oxidation sites excluding steroid dienone is 1. The Bertz CT molecular complexity index is 793. The van der Waals surface area contributed by atoms with Gasteiger partial charge in [-0.3, -0.25) is 4.79 Å². The third-order valence-corrected chi connectivity index (χ3v) is 3.46. The van der Waals surface area contributed by atoms with E-state index in [-0.39, 0.29) is 6.61 Å². The topological polar surface area (TPSA) is 76.1 Å². The van der Waals surface area contributed by atoms with Crippen LogP contribution in [0, 0.1) is 11.3 Å². The van der Waals surface area contributed by atoms with Crippen molar-refractivity contribution >= 4 is 40.8 Å². The third-order valence-electron chi connectivity index (χ3n) is 2.91. The molecule has 2 rings (SSSR count). The number of nitrogens with two attached hydrogens (primary N) is 1. The van der Waals surface area contributed by atoms with E-state index in [9.17, 15) is 10.1 Å². The molecule has 0 aliphatic carbocycles. The Hall–Kier alpha value is -2.48. The van der Waals surface area contributed by atoms with Crippen LogP contribution in [0.4, 0.5) is 0 Å². The van der Waals surface area contributed by atoms with Crippen molar-refractivity contribution in [1.29, 1.82) is 5.26 Å². The number of benzene rings is 2. The van der Waals surface area contributed by atoms with Crippen molar-refractivity contribution in [2.45, 2.75) is 0 Å². The fraction of sp³-hybridized carbons (Fsp3) is 0.0588. The highest BCUT2D eigenvalue weighted by atomic mass is 35.5. The second-order valence-electron chi connectivity index (χ2n) is 4.62. The number of halogens is 2. The standard InChI is InChI=1S/C17H12Cl2N2O2/c18-14-4-2-12(3-5-14)13(9-20)7-11-1-6-16(15(19)8-11)23-10-17(21)22/h1-8H,10H2,(H2,21,22). The van der Waals surface area contributed by atoms with E-state index in [0.29, 0.717) is 21.4 Å². The van der Waals surface area contributed by atoms with Crippen molar-refractivity contribution in [3.05, 3.63) is 63.6 Å². The van der Waals surface area contributed by atoms with Gasteiger partial charge in [-0.05, 0) is 41.5 Å². The number of hydrogen-bond donors (Lipinski definition) is 1. The number of rotatable bonds is 5. The van der Waals surface area contributed by atoms with E-state index in [1.165, 1.54) is 0 Å². The zero-order chi connectivity index (χ0) is 16.8. The normalized spacial score (nSPS) is 10.9. The van der Waals surface area contributed by atoms with Gasteiger partial charge in [0.25, 0.3) is 5.91 Å². The summed E-state index contributed by atoms with van der Waals surface area (Å²) in [4.78, 5) is 10.7. The van der Waals surface area contributed by atoms with E-state index < -0.39 is 5.91 Å². The molecule has 23 heavy (non-hydrogen) atoms. The minimum atomic E-state index is -0.584. The van der Waals surface area contributed by atoms with Gasteiger partial charge in [0.1, 0.15) is 5.75 Å². The number of amides is 1. The highest BCUT2D eigenvalue weighted by Crippen LogP contribution is 2.27. The van der Waals surface area contributed by atoms with Gasteiger partial charge in [0.05, 0.1) is 16.7 Å². The molecule has 2 N–H and O–H groups in total. The Balaban J connectivity index is 2.27. The highest BCUT2D eigenvalue weighted by molar-refractivity contribution is 6.32. The maximum Gasteiger partial charge on any atom is 0.255 e. The summed E-state index contributed by atoms with van der Waals surface area (Å²) in [5, 5.41) is 10.2. The van der Waals surface area contributed by atoms with E-state index in [4.69, 9.17) is 33.7 Å². The fourth-order valence-electron chi connectivity index (χ4n) is 1.85.